The first-order valence-corrected chi connectivity index (χ1v) is 10.9. The van der Waals surface area contributed by atoms with Crippen molar-refractivity contribution in [2.75, 3.05) is 23.3 Å². The van der Waals surface area contributed by atoms with E-state index in [0.29, 0.717) is 39.9 Å². The van der Waals surface area contributed by atoms with Crippen molar-refractivity contribution < 1.29 is 14.3 Å². The van der Waals surface area contributed by atoms with E-state index in [1.165, 1.54) is 6.92 Å². The molecular formula is C21H22ClN5O3S. The number of ketones is 1. The number of benzene rings is 1. The van der Waals surface area contributed by atoms with Gasteiger partial charge < -0.3 is 9.64 Å². The van der Waals surface area contributed by atoms with Crippen molar-refractivity contribution in [3.05, 3.63) is 58.7 Å². The van der Waals surface area contributed by atoms with Crippen molar-refractivity contribution in [3.8, 4) is 5.19 Å². The van der Waals surface area contributed by atoms with E-state index in [-0.39, 0.29) is 18.2 Å². The molecule has 2 aromatic heterocycles. The average Bonchev–Trinajstić information content (AvgIpc) is 3.20. The maximum atomic E-state index is 12.9. The molecule has 3 aromatic rings. The number of ether oxygens (including phenoxy) is 1. The fourth-order valence-corrected chi connectivity index (χ4v) is 3.55. The van der Waals surface area contributed by atoms with Crippen LogP contribution in [0.15, 0.2) is 42.6 Å². The number of hydrogen-bond acceptors (Lipinski definition) is 8. The van der Waals surface area contributed by atoms with Crippen LogP contribution < -0.4 is 15.0 Å². The summed E-state index contributed by atoms with van der Waals surface area (Å²) in [5.41, 5.74) is 1.29. The van der Waals surface area contributed by atoms with E-state index in [0.717, 1.165) is 23.3 Å². The molecule has 0 fully saturated rings. The molecule has 0 atom stereocenters. The van der Waals surface area contributed by atoms with Crippen LogP contribution in [-0.4, -0.2) is 40.0 Å². The van der Waals surface area contributed by atoms with Crippen LogP contribution in [0.1, 0.15) is 36.2 Å². The largest absolute Gasteiger partial charge is 0.464 e. The molecule has 0 saturated heterocycles. The van der Waals surface area contributed by atoms with Crippen molar-refractivity contribution >= 4 is 45.6 Å². The van der Waals surface area contributed by atoms with Crippen LogP contribution in [0.4, 0.5) is 10.9 Å². The van der Waals surface area contributed by atoms with Crippen molar-refractivity contribution in [1.29, 1.82) is 0 Å². The highest BCUT2D eigenvalue weighted by Gasteiger charge is 2.20. The fraction of sp³-hybridized carbons (Fsp3) is 0.286. The maximum absolute atomic E-state index is 12.9. The van der Waals surface area contributed by atoms with Gasteiger partial charge in [0.25, 0.3) is 11.1 Å². The summed E-state index contributed by atoms with van der Waals surface area (Å²) in [7, 11) is 0. The normalized spacial score (nSPS) is 10.5. The third-order valence-corrected chi connectivity index (χ3v) is 5.14. The van der Waals surface area contributed by atoms with E-state index in [2.05, 4.69) is 20.5 Å². The number of carbonyl (C=O) groups is 2. The zero-order valence-corrected chi connectivity index (χ0v) is 18.7. The molecule has 0 bridgehead atoms. The van der Waals surface area contributed by atoms with E-state index in [1.54, 1.807) is 35.4 Å². The molecule has 0 spiro atoms. The maximum Gasteiger partial charge on any atom is 0.296 e. The third kappa shape index (κ3) is 6.47. The van der Waals surface area contributed by atoms with Gasteiger partial charge in [0.1, 0.15) is 18.2 Å². The van der Waals surface area contributed by atoms with Gasteiger partial charge in [-0.15, -0.1) is 5.10 Å². The van der Waals surface area contributed by atoms with Gasteiger partial charge in [-0.25, -0.2) is 4.98 Å². The molecule has 162 valence electrons. The number of nitrogens with zero attached hydrogens (tertiary/aromatic N) is 4. The number of amides is 1. The molecule has 1 aromatic carbocycles. The topological polar surface area (TPSA) is 97.3 Å². The molecule has 0 saturated carbocycles. The van der Waals surface area contributed by atoms with Gasteiger partial charge in [-0.3, -0.25) is 14.9 Å². The van der Waals surface area contributed by atoms with Gasteiger partial charge in [0.05, 0.1) is 12.1 Å². The summed E-state index contributed by atoms with van der Waals surface area (Å²) in [6, 6.07) is 10.6. The summed E-state index contributed by atoms with van der Waals surface area (Å²) in [6.07, 6.45) is 2.41. The molecule has 31 heavy (non-hydrogen) atoms. The number of hydrogen-bond donors (Lipinski definition) is 1. The number of pyridine rings is 1. The van der Waals surface area contributed by atoms with Gasteiger partial charge in [0.15, 0.2) is 0 Å². The minimum absolute atomic E-state index is 0.00272. The zero-order chi connectivity index (χ0) is 22.2. The second kappa shape index (κ2) is 10.8. The molecule has 0 radical (unpaired) electrons. The molecule has 0 aliphatic heterocycles. The second-order valence-electron chi connectivity index (χ2n) is 6.74. The number of anilines is 2. The van der Waals surface area contributed by atoms with E-state index in [4.69, 9.17) is 16.3 Å². The Morgan fingerprint density at radius 3 is 2.68 bits per heavy atom. The van der Waals surface area contributed by atoms with Crippen molar-refractivity contribution in [2.45, 2.75) is 26.9 Å². The number of Topliss-reactive ketones (excluding diaryl/α,β-unsaturated/α-hetero) is 1. The molecule has 1 amide bonds. The van der Waals surface area contributed by atoms with E-state index >= 15 is 0 Å². The lowest BCUT2D eigenvalue weighted by Gasteiger charge is -2.23. The Kier molecular flexibility index (Phi) is 7.91. The quantitative estimate of drug-likeness (QED) is 0.484. The Morgan fingerprint density at radius 1 is 1.19 bits per heavy atom. The number of nitrogens with one attached hydrogen (secondary N) is 1. The summed E-state index contributed by atoms with van der Waals surface area (Å²) in [6.45, 7) is 4.62. The van der Waals surface area contributed by atoms with Crippen molar-refractivity contribution in [3.63, 3.8) is 0 Å². The predicted molar refractivity (Wildman–Crippen MR) is 121 cm³/mol. The van der Waals surface area contributed by atoms with E-state index < -0.39 is 0 Å². The van der Waals surface area contributed by atoms with Gasteiger partial charge in [0.2, 0.25) is 5.13 Å². The Balaban J connectivity index is 1.68. The van der Waals surface area contributed by atoms with Crippen LogP contribution in [0, 0.1) is 0 Å². The Labute approximate surface area is 189 Å². The third-order valence-electron chi connectivity index (χ3n) is 4.14. The monoisotopic (exact) mass is 459 g/mol. The van der Waals surface area contributed by atoms with Crippen molar-refractivity contribution in [1.82, 2.24) is 15.2 Å². The summed E-state index contributed by atoms with van der Waals surface area (Å²) in [4.78, 5) is 30.7. The number of rotatable bonds is 10. The lowest BCUT2D eigenvalue weighted by molar-refractivity contribution is -0.115. The predicted octanol–water partition coefficient (Wildman–Crippen LogP) is 4.22. The molecule has 0 aliphatic rings. The van der Waals surface area contributed by atoms with Gasteiger partial charge in [-0.1, -0.05) is 35.8 Å². The standard InChI is InChI=1S/C21H22ClN5O3S/c1-3-11-27(12-14(2)28)18-17(5-4-10-23-18)19(29)24-20-25-26-21(31-20)30-13-15-6-8-16(22)9-7-15/h4-10H,3,11-13H2,1-2H3,(H,24,25,29). The smallest absolute Gasteiger partial charge is 0.296 e. The first-order valence-electron chi connectivity index (χ1n) is 9.67. The molecule has 3 rings (SSSR count). The van der Waals surface area contributed by atoms with Crippen LogP contribution in [0.3, 0.4) is 0 Å². The van der Waals surface area contributed by atoms with Gasteiger partial charge in [-0.05, 0) is 54.5 Å². The van der Waals surface area contributed by atoms with Gasteiger partial charge in [-0.2, -0.15) is 0 Å². The van der Waals surface area contributed by atoms with Crippen LogP contribution in [0.5, 0.6) is 5.19 Å². The van der Waals surface area contributed by atoms with E-state index in [1.807, 2.05) is 19.1 Å². The van der Waals surface area contributed by atoms with Crippen LogP contribution in [0.25, 0.3) is 0 Å². The lowest BCUT2D eigenvalue weighted by Crippen LogP contribution is -2.32. The molecule has 8 nitrogen and oxygen atoms in total. The number of aromatic nitrogens is 3. The second-order valence-corrected chi connectivity index (χ2v) is 8.12. The summed E-state index contributed by atoms with van der Waals surface area (Å²) < 4.78 is 5.63. The highest BCUT2D eigenvalue weighted by molar-refractivity contribution is 7.17. The minimum Gasteiger partial charge on any atom is -0.464 e. The fourth-order valence-electron chi connectivity index (χ4n) is 2.83. The zero-order valence-electron chi connectivity index (χ0n) is 17.2. The summed E-state index contributed by atoms with van der Waals surface area (Å²) in [5.74, 6) is 0.0750. The highest BCUT2D eigenvalue weighted by Crippen LogP contribution is 2.25. The SMILES string of the molecule is CCCN(CC(C)=O)c1ncccc1C(=O)Nc1nnc(OCc2ccc(Cl)cc2)s1. The van der Waals surface area contributed by atoms with Gasteiger partial charge in [0, 0.05) is 17.8 Å². The minimum atomic E-state index is -0.381. The van der Waals surface area contributed by atoms with Crippen LogP contribution in [-0.2, 0) is 11.4 Å². The number of carbonyl (C=O) groups excluding carboxylic acids is 2. The highest BCUT2D eigenvalue weighted by atomic mass is 35.5. The van der Waals surface area contributed by atoms with Crippen LogP contribution >= 0.6 is 22.9 Å². The van der Waals surface area contributed by atoms with Crippen LogP contribution in [0.2, 0.25) is 5.02 Å². The Hall–Kier alpha value is -3.04. The first-order chi connectivity index (χ1) is 15.0. The average molecular weight is 460 g/mol. The summed E-state index contributed by atoms with van der Waals surface area (Å²) in [5, 5.41) is 12.0. The summed E-state index contributed by atoms with van der Waals surface area (Å²) >= 11 is 7.00. The van der Waals surface area contributed by atoms with Crippen molar-refractivity contribution in [2.24, 2.45) is 0 Å². The molecule has 0 aliphatic carbocycles. The van der Waals surface area contributed by atoms with Gasteiger partial charge >= 0.3 is 0 Å². The Bertz CT molecular complexity index is 1040. The molecule has 10 heteroatoms. The molecule has 0 unspecified atom stereocenters. The first kappa shape index (κ1) is 22.6. The number of halogens is 1. The molecule has 2 heterocycles. The van der Waals surface area contributed by atoms with E-state index in [9.17, 15) is 9.59 Å². The molecule has 1 N–H and O–H groups in total. The molecular weight excluding hydrogens is 438 g/mol. The lowest BCUT2D eigenvalue weighted by atomic mass is 10.2. The Morgan fingerprint density at radius 2 is 1.97 bits per heavy atom.